The smallest absolute Gasteiger partial charge is 0.222 e. The van der Waals surface area contributed by atoms with Crippen LogP contribution in [0.15, 0.2) is 42.9 Å². The highest BCUT2D eigenvalue weighted by Crippen LogP contribution is 2.34. The topological polar surface area (TPSA) is 60.2 Å². The summed E-state index contributed by atoms with van der Waals surface area (Å²) in [4.78, 5) is 8.20. The summed E-state index contributed by atoms with van der Waals surface area (Å²) >= 11 is 0. The summed E-state index contributed by atoms with van der Waals surface area (Å²) in [5, 5.41) is 11.9. The van der Waals surface area contributed by atoms with Gasteiger partial charge in [0.05, 0.1) is 23.7 Å². The number of nitrogens with zero attached hydrogens (tertiary/aromatic N) is 3. The van der Waals surface area contributed by atoms with Gasteiger partial charge in [-0.1, -0.05) is 0 Å². The Kier molecular flexibility index (Phi) is 3.14. The van der Waals surface area contributed by atoms with Gasteiger partial charge in [-0.15, -0.1) is 0 Å². The van der Waals surface area contributed by atoms with Gasteiger partial charge in [0.25, 0.3) is 0 Å². The minimum absolute atomic E-state index is 0.555. The maximum atomic E-state index is 11.0. The van der Waals surface area contributed by atoms with Crippen molar-refractivity contribution in [1.29, 1.82) is 0 Å². The van der Waals surface area contributed by atoms with Crippen LogP contribution in [-0.4, -0.2) is 26.8 Å². The lowest BCUT2D eigenvalue weighted by molar-refractivity contribution is 0.0945. The minimum Gasteiger partial charge on any atom is -0.481 e. The molecule has 0 spiro atoms. The minimum atomic E-state index is -1.12. The fraction of sp³-hybridized carbons (Fsp3) is 0.250. The fourth-order valence-corrected chi connectivity index (χ4v) is 2.69. The van der Waals surface area contributed by atoms with E-state index >= 15 is 0 Å². The Bertz CT molecular complexity index is 779. The second kappa shape index (κ2) is 4.86. The Labute approximate surface area is 122 Å². The van der Waals surface area contributed by atoms with E-state index in [4.69, 9.17) is 4.74 Å². The Morgan fingerprint density at radius 3 is 2.57 bits per heavy atom. The standard InChI is InChI=1S/C16H17N3O2/c1-16(20,11-4-7-17-8-5-11)14-10-12-13(19(14)2)6-9-18-15(12)21-3/h4-10,20H,1-3H3. The van der Waals surface area contributed by atoms with Gasteiger partial charge < -0.3 is 14.4 Å². The molecule has 1 atom stereocenters. The van der Waals surface area contributed by atoms with Crippen LogP contribution < -0.4 is 4.74 Å². The van der Waals surface area contributed by atoms with Crippen molar-refractivity contribution in [3.05, 3.63) is 54.1 Å². The first-order valence-electron chi connectivity index (χ1n) is 6.67. The molecule has 3 aromatic heterocycles. The largest absolute Gasteiger partial charge is 0.481 e. The molecular weight excluding hydrogens is 266 g/mol. The summed E-state index contributed by atoms with van der Waals surface area (Å²) in [5.74, 6) is 0.555. The Morgan fingerprint density at radius 1 is 1.19 bits per heavy atom. The molecule has 0 aliphatic rings. The summed E-state index contributed by atoms with van der Waals surface area (Å²) in [5.41, 5.74) is 1.40. The normalized spacial score (nSPS) is 14.1. The van der Waals surface area contributed by atoms with E-state index < -0.39 is 5.60 Å². The van der Waals surface area contributed by atoms with Gasteiger partial charge in [-0.2, -0.15) is 0 Å². The maximum absolute atomic E-state index is 11.0. The average molecular weight is 283 g/mol. The number of methoxy groups -OCH3 is 1. The summed E-state index contributed by atoms with van der Waals surface area (Å²) in [6.45, 7) is 1.77. The molecule has 21 heavy (non-hydrogen) atoms. The zero-order valence-corrected chi connectivity index (χ0v) is 12.2. The molecule has 108 valence electrons. The van der Waals surface area contributed by atoms with Crippen LogP contribution in [0.1, 0.15) is 18.2 Å². The van der Waals surface area contributed by atoms with E-state index in [1.54, 1.807) is 32.6 Å². The van der Waals surface area contributed by atoms with Crippen LogP contribution in [0.4, 0.5) is 0 Å². The predicted octanol–water partition coefficient (Wildman–Crippen LogP) is 2.23. The van der Waals surface area contributed by atoms with Crippen molar-refractivity contribution in [3.8, 4) is 5.88 Å². The first kappa shape index (κ1) is 13.6. The number of pyridine rings is 2. The second-order valence-electron chi connectivity index (χ2n) is 5.15. The van der Waals surface area contributed by atoms with Crippen LogP contribution in [-0.2, 0) is 12.6 Å². The molecule has 0 radical (unpaired) electrons. The van der Waals surface area contributed by atoms with Crippen LogP contribution >= 0.6 is 0 Å². The molecule has 3 heterocycles. The Balaban J connectivity index is 2.23. The van der Waals surface area contributed by atoms with E-state index in [9.17, 15) is 5.11 Å². The Morgan fingerprint density at radius 2 is 1.90 bits per heavy atom. The zero-order valence-electron chi connectivity index (χ0n) is 12.2. The van der Waals surface area contributed by atoms with Gasteiger partial charge in [-0.3, -0.25) is 4.98 Å². The van der Waals surface area contributed by atoms with Crippen molar-refractivity contribution in [3.63, 3.8) is 0 Å². The van der Waals surface area contributed by atoms with Crippen molar-refractivity contribution >= 4 is 10.9 Å². The first-order valence-corrected chi connectivity index (χ1v) is 6.67. The quantitative estimate of drug-likeness (QED) is 0.800. The number of rotatable bonds is 3. The molecule has 0 amide bonds. The molecule has 0 aliphatic heterocycles. The molecule has 0 saturated heterocycles. The second-order valence-corrected chi connectivity index (χ2v) is 5.15. The van der Waals surface area contributed by atoms with E-state index in [1.807, 2.05) is 35.9 Å². The molecular formula is C16H17N3O2. The molecule has 0 saturated carbocycles. The molecule has 1 N–H and O–H groups in total. The molecule has 0 fully saturated rings. The third-order valence-corrected chi connectivity index (χ3v) is 3.87. The van der Waals surface area contributed by atoms with Gasteiger partial charge in [-0.05, 0) is 36.8 Å². The first-order chi connectivity index (χ1) is 10.1. The highest BCUT2D eigenvalue weighted by Gasteiger charge is 2.30. The summed E-state index contributed by atoms with van der Waals surface area (Å²) < 4.78 is 7.26. The van der Waals surface area contributed by atoms with Crippen molar-refractivity contribution in [2.45, 2.75) is 12.5 Å². The van der Waals surface area contributed by atoms with E-state index in [1.165, 1.54) is 0 Å². The number of aliphatic hydroxyl groups is 1. The van der Waals surface area contributed by atoms with Gasteiger partial charge in [0.15, 0.2) is 0 Å². The van der Waals surface area contributed by atoms with Crippen LogP contribution in [0.25, 0.3) is 10.9 Å². The number of ether oxygens (including phenoxy) is 1. The van der Waals surface area contributed by atoms with E-state index in [-0.39, 0.29) is 0 Å². The molecule has 3 rings (SSSR count). The molecule has 5 heteroatoms. The molecule has 0 aliphatic carbocycles. The number of aromatic nitrogens is 3. The van der Waals surface area contributed by atoms with Gasteiger partial charge in [0.1, 0.15) is 5.60 Å². The molecule has 5 nitrogen and oxygen atoms in total. The maximum Gasteiger partial charge on any atom is 0.222 e. The lowest BCUT2D eigenvalue weighted by Gasteiger charge is -2.24. The molecule has 0 bridgehead atoms. The monoisotopic (exact) mass is 283 g/mol. The fourth-order valence-electron chi connectivity index (χ4n) is 2.69. The zero-order chi connectivity index (χ0) is 15.0. The SMILES string of the molecule is COc1nccc2c1cc(C(C)(O)c1ccncc1)n2C. The molecule has 1 unspecified atom stereocenters. The van der Waals surface area contributed by atoms with Crippen LogP contribution in [0.2, 0.25) is 0 Å². The van der Waals surface area contributed by atoms with Gasteiger partial charge >= 0.3 is 0 Å². The van der Waals surface area contributed by atoms with Crippen molar-refractivity contribution in [2.75, 3.05) is 7.11 Å². The van der Waals surface area contributed by atoms with Crippen molar-refractivity contribution in [1.82, 2.24) is 14.5 Å². The van der Waals surface area contributed by atoms with E-state index in [0.29, 0.717) is 5.88 Å². The van der Waals surface area contributed by atoms with Gasteiger partial charge in [0.2, 0.25) is 5.88 Å². The van der Waals surface area contributed by atoms with Crippen LogP contribution in [0.5, 0.6) is 5.88 Å². The molecule has 3 aromatic rings. The van der Waals surface area contributed by atoms with Crippen molar-refractivity contribution in [2.24, 2.45) is 7.05 Å². The Hall–Kier alpha value is -2.40. The third kappa shape index (κ3) is 2.06. The van der Waals surface area contributed by atoms with Crippen LogP contribution in [0, 0.1) is 0 Å². The highest BCUT2D eigenvalue weighted by atomic mass is 16.5. The number of aryl methyl sites for hydroxylation is 1. The number of fused-ring (bicyclic) bond motifs is 1. The van der Waals surface area contributed by atoms with Gasteiger partial charge in [-0.25, -0.2) is 4.98 Å². The average Bonchev–Trinajstić information content (AvgIpc) is 2.86. The number of hydrogen-bond donors (Lipinski definition) is 1. The summed E-state index contributed by atoms with van der Waals surface area (Å²) in [6.07, 6.45) is 5.05. The third-order valence-electron chi connectivity index (χ3n) is 3.87. The predicted molar refractivity (Wildman–Crippen MR) is 80.2 cm³/mol. The summed E-state index contributed by atoms with van der Waals surface area (Å²) in [6, 6.07) is 7.45. The van der Waals surface area contributed by atoms with Gasteiger partial charge in [0, 0.05) is 25.6 Å². The molecule has 0 aromatic carbocycles. The van der Waals surface area contributed by atoms with E-state index in [2.05, 4.69) is 9.97 Å². The summed E-state index contributed by atoms with van der Waals surface area (Å²) in [7, 11) is 3.52. The number of hydrogen-bond acceptors (Lipinski definition) is 4. The lowest BCUT2D eigenvalue weighted by atomic mass is 9.93. The lowest BCUT2D eigenvalue weighted by Crippen LogP contribution is -2.25. The highest BCUT2D eigenvalue weighted by molar-refractivity contribution is 5.86. The van der Waals surface area contributed by atoms with Crippen molar-refractivity contribution < 1.29 is 9.84 Å². The van der Waals surface area contributed by atoms with Crippen LogP contribution in [0.3, 0.4) is 0 Å². The van der Waals surface area contributed by atoms with E-state index in [0.717, 1.165) is 22.2 Å².